The molecule has 0 aromatic heterocycles. The van der Waals surface area contributed by atoms with E-state index in [-0.39, 0.29) is 11.9 Å². The number of benzene rings is 2. The number of ether oxygens (including phenoxy) is 1. The summed E-state index contributed by atoms with van der Waals surface area (Å²) in [6.45, 7) is 2.35. The lowest BCUT2D eigenvalue weighted by atomic mass is 10.0. The summed E-state index contributed by atoms with van der Waals surface area (Å²) < 4.78 is 20.2. The van der Waals surface area contributed by atoms with Gasteiger partial charge in [-0.05, 0) is 42.3 Å². The lowest BCUT2D eigenvalue weighted by Crippen LogP contribution is -2.33. The Labute approximate surface area is 126 Å². The Morgan fingerprint density at radius 2 is 2.05 bits per heavy atom. The van der Waals surface area contributed by atoms with Crippen molar-refractivity contribution in [1.82, 2.24) is 0 Å². The van der Waals surface area contributed by atoms with Crippen LogP contribution in [0.3, 0.4) is 0 Å². The minimum absolute atomic E-state index is 0.0936. The van der Waals surface area contributed by atoms with Crippen LogP contribution in [0.5, 0.6) is 5.75 Å². The number of rotatable bonds is 1. The third-order valence-electron chi connectivity index (χ3n) is 3.73. The largest absolute Gasteiger partial charge is 0.489 e. The fraction of sp³-hybridized carbons (Fsp3) is 0.250. The van der Waals surface area contributed by atoms with Gasteiger partial charge in [0.1, 0.15) is 18.2 Å². The van der Waals surface area contributed by atoms with Gasteiger partial charge in [-0.3, -0.25) is 0 Å². The predicted octanol–water partition coefficient (Wildman–Crippen LogP) is 4.47. The normalized spacial score (nSPS) is 17.6. The molecule has 0 saturated heterocycles. The maximum atomic E-state index is 13.4. The molecular weight excluding hydrogens is 321 g/mol. The van der Waals surface area contributed by atoms with Gasteiger partial charge in [0.2, 0.25) is 0 Å². The van der Waals surface area contributed by atoms with Crippen molar-refractivity contribution in [3.8, 4) is 5.75 Å². The minimum Gasteiger partial charge on any atom is -0.489 e. The standard InChI is InChI=1S/C16H15BrFNO/c1-10-7-11(3-5-13(10)18)15-9-20-16-6-4-12(17)8-14(16)19(15)2/h3-8,15H,9H2,1-2H3. The summed E-state index contributed by atoms with van der Waals surface area (Å²) in [4.78, 5) is 2.18. The van der Waals surface area contributed by atoms with Gasteiger partial charge in [-0.25, -0.2) is 4.39 Å². The smallest absolute Gasteiger partial charge is 0.142 e. The van der Waals surface area contributed by atoms with Crippen LogP contribution < -0.4 is 9.64 Å². The van der Waals surface area contributed by atoms with Crippen LogP contribution in [0.4, 0.5) is 10.1 Å². The van der Waals surface area contributed by atoms with Crippen LogP contribution in [0.1, 0.15) is 17.2 Å². The molecule has 1 atom stereocenters. The van der Waals surface area contributed by atoms with Crippen LogP contribution in [-0.4, -0.2) is 13.7 Å². The second kappa shape index (κ2) is 5.09. The zero-order valence-corrected chi connectivity index (χ0v) is 12.9. The Hall–Kier alpha value is -1.55. The fourth-order valence-corrected chi connectivity index (χ4v) is 2.88. The highest BCUT2D eigenvalue weighted by Gasteiger charge is 2.26. The molecule has 0 N–H and O–H groups in total. The van der Waals surface area contributed by atoms with E-state index in [2.05, 4.69) is 20.8 Å². The first-order chi connectivity index (χ1) is 9.56. The van der Waals surface area contributed by atoms with Crippen LogP contribution in [0.15, 0.2) is 40.9 Å². The van der Waals surface area contributed by atoms with E-state index in [4.69, 9.17) is 4.74 Å². The first-order valence-electron chi connectivity index (χ1n) is 6.47. The second-order valence-electron chi connectivity index (χ2n) is 5.06. The van der Waals surface area contributed by atoms with Crippen LogP contribution in [0.25, 0.3) is 0 Å². The quantitative estimate of drug-likeness (QED) is 0.762. The lowest BCUT2D eigenvalue weighted by molar-refractivity contribution is 0.268. The van der Waals surface area contributed by atoms with E-state index in [9.17, 15) is 4.39 Å². The molecule has 0 amide bonds. The first kappa shape index (κ1) is 13.4. The van der Waals surface area contributed by atoms with Gasteiger partial charge in [0, 0.05) is 11.5 Å². The maximum absolute atomic E-state index is 13.4. The summed E-state index contributed by atoms with van der Waals surface area (Å²) in [5.41, 5.74) is 2.77. The third-order valence-corrected chi connectivity index (χ3v) is 4.23. The number of nitrogens with zero attached hydrogens (tertiary/aromatic N) is 1. The van der Waals surface area contributed by atoms with Crippen LogP contribution >= 0.6 is 15.9 Å². The molecule has 20 heavy (non-hydrogen) atoms. The van der Waals surface area contributed by atoms with E-state index in [1.807, 2.05) is 37.4 Å². The Morgan fingerprint density at radius 3 is 2.80 bits per heavy atom. The molecule has 2 aromatic rings. The molecule has 104 valence electrons. The topological polar surface area (TPSA) is 12.5 Å². The number of hydrogen-bond acceptors (Lipinski definition) is 2. The molecule has 1 heterocycles. The number of fused-ring (bicyclic) bond motifs is 1. The minimum atomic E-state index is -0.170. The molecule has 1 unspecified atom stereocenters. The van der Waals surface area contributed by atoms with Gasteiger partial charge in [0.05, 0.1) is 11.7 Å². The molecule has 0 fully saturated rings. The van der Waals surface area contributed by atoms with Crippen molar-refractivity contribution >= 4 is 21.6 Å². The average molecular weight is 336 g/mol. The van der Waals surface area contributed by atoms with Crippen molar-refractivity contribution in [1.29, 1.82) is 0 Å². The van der Waals surface area contributed by atoms with E-state index in [0.29, 0.717) is 12.2 Å². The molecule has 0 bridgehead atoms. The maximum Gasteiger partial charge on any atom is 0.142 e. The Bertz CT molecular complexity index is 659. The monoisotopic (exact) mass is 335 g/mol. The van der Waals surface area contributed by atoms with Crippen LogP contribution in [-0.2, 0) is 0 Å². The molecule has 0 radical (unpaired) electrons. The van der Waals surface area contributed by atoms with Gasteiger partial charge in [0.25, 0.3) is 0 Å². The molecule has 0 saturated carbocycles. The highest BCUT2D eigenvalue weighted by atomic mass is 79.9. The van der Waals surface area contributed by atoms with Crippen LogP contribution in [0.2, 0.25) is 0 Å². The van der Waals surface area contributed by atoms with Crippen molar-refractivity contribution in [2.24, 2.45) is 0 Å². The van der Waals surface area contributed by atoms with E-state index in [1.165, 1.54) is 6.07 Å². The number of aryl methyl sites for hydroxylation is 1. The fourth-order valence-electron chi connectivity index (χ4n) is 2.53. The van der Waals surface area contributed by atoms with Crippen molar-refractivity contribution in [3.05, 3.63) is 57.8 Å². The third kappa shape index (κ3) is 2.29. The average Bonchev–Trinajstić information content (AvgIpc) is 2.43. The molecule has 1 aliphatic heterocycles. The predicted molar refractivity (Wildman–Crippen MR) is 81.9 cm³/mol. The summed E-state index contributed by atoms with van der Waals surface area (Å²) >= 11 is 3.48. The summed E-state index contributed by atoms with van der Waals surface area (Å²) in [5.74, 6) is 0.710. The SMILES string of the molecule is Cc1cc(C2COc3ccc(Br)cc3N2C)ccc1F. The van der Waals surface area contributed by atoms with Gasteiger partial charge < -0.3 is 9.64 Å². The molecule has 1 aliphatic rings. The zero-order chi connectivity index (χ0) is 14.3. The van der Waals surface area contributed by atoms with E-state index in [1.54, 1.807) is 6.92 Å². The Kier molecular flexibility index (Phi) is 3.42. The molecule has 3 rings (SSSR count). The molecule has 2 aromatic carbocycles. The molecular formula is C16H15BrFNO. The molecule has 0 spiro atoms. The van der Waals surface area contributed by atoms with E-state index < -0.39 is 0 Å². The first-order valence-corrected chi connectivity index (χ1v) is 7.27. The van der Waals surface area contributed by atoms with Crippen molar-refractivity contribution in [2.75, 3.05) is 18.6 Å². The summed E-state index contributed by atoms with van der Waals surface area (Å²) in [5, 5.41) is 0. The van der Waals surface area contributed by atoms with Gasteiger partial charge in [-0.2, -0.15) is 0 Å². The number of hydrogen-bond donors (Lipinski definition) is 0. The Balaban J connectivity index is 1.98. The molecule has 4 heteroatoms. The van der Waals surface area contributed by atoms with Crippen molar-refractivity contribution in [2.45, 2.75) is 13.0 Å². The van der Waals surface area contributed by atoms with Crippen LogP contribution in [0, 0.1) is 12.7 Å². The molecule has 2 nitrogen and oxygen atoms in total. The highest BCUT2D eigenvalue weighted by molar-refractivity contribution is 9.10. The zero-order valence-electron chi connectivity index (χ0n) is 11.4. The van der Waals surface area contributed by atoms with Crippen molar-refractivity contribution < 1.29 is 9.13 Å². The molecule has 0 aliphatic carbocycles. The second-order valence-corrected chi connectivity index (χ2v) is 5.97. The van der Waals surface area contributed by atoms with E-state index >= 15 is 0 Å². The van der Waals surface area contributed by atoms with Gasteiger partial charge in [-0.1, -0.05) is 28.1 Å². The number of anilines is 1. The summed E-state index contributed by atoms with van der Waals surface area (Å²) in [6, 6.07) is 11.3. The lowest BCUT2D eigenvalue weighted by Gasteiger charge is -2.36. The van der Waals surface area contributed by atoms with Gasteiger partial charge in [0.15, 0.2) is 0 Å². The van der Waals surface area contributed by atoms with E-state index in [0.717, 1.165) is 21.5 Å². The number of halogens is 2. The summed E-state index contributed by atoms with van der Waals surface area (Å²) in [7, 11) is 2.04. The summed E-state index contributed by atoms with van der Waals surface area (Å²) in [6.07, 6.45) is 0. The Morgan fingerprint density at radius 1 is 1.25 bits per heavy atom. The van der Waals surface area contributed by atoms with Gasteiger partial charge >= 0.3 is 0 Å². The highest BCUT2D eigenvalue weighted by Crippen LogP contribution is 2.39. The van der Waals surface area contributed by atoms with Crippen molar-refractivity contribution in [3.63, 3.8) is 0 Å². The van der Waals surface area contributed by atoms with Gasteiger partial charge in [-0.15, -0.1) is 0 Å². The number of likely N-dealkylation sites (N-methyl/N-ethyl adjacent to an activating group) is 1.